The molecule has 6 nitrogen and oxygen atoms in total. The van der Waals surface area contributed by atoms with E-state index in [0.717, 1.165) is 16.9 Å². The Balaban J connectivity index is 1.63. The van der Waals surface area contributed by atoms with Gasteiger partial charge in [-0.2, -0.15) is 0 Å². The zero-order valence-corrected chi connectivity index (χ0v) is 18.2. The zero-order chi connectivity index (χ0) is 21.5. The van der Waals surface area contributed by atoms with Crippen LogP contribution < -0.4 is 20.3 Å². The SMILES string of the molecule is COc1cc(CNC(=O)c2ccc(-c3cccs3)[nH]c2=O)ccc1OCCC(C)C. The van der Waals surface area contributed by atoms with E-state index in [1.165, 1.54) is 11.3 Å². The summed E-state index contributed by atoms with van der Waals surface area (Å²) in [5.41, 5.74) is 1.22. The lowest BCUT2D eigenvalue weighted by Crippen LogP contribution is -2.29. The molecular weight excluding hydrogens is 400 g/mol. The summed E-state index contributed by atoms with van der Waals surface area (Å²) >= 11 is 1.52. The van der Waals surface area contributed by atoms with Gasteiger partial charge in [-0.1, -0.05) is 26.0 Å². The lowest BCUT2D eigenvalue weighted by atomic mass is 10.1. The minimum atomic E-state index is -0.426. The van der Waals surface area contributed by atoms with E-state index in [4.69, 9.17) is 9.47 Å². The molecule has 0 spiro atoms. The van der Waals surface area contributed by atoms with E-state index in [1.807, 2.05) is 35.7 Å². The molecule has 7 heteroatoms. The van der Waals surface area contributed by atoms with E-state index < -0.39 is 11.5 Å². The molecule has 2 N–H and O–H groups in total. The van der Waals surface area contributed by atoms with Gasteiger partial charge >= 0.3 is 0 Å². The lowest BCUT2D eigenvalue weighted by Gasteiger charge is -2.13. The van der Waals surface area contributed by atoms with Crippen LogP contribution in [0.15, 0.2) is 52.6 Å². The molecule has 0 aliphatic heterocycles. The average Bonchev–Trinajstić information content (AvgIpc) is 3.27. The summed E-state index contributed by atoms with van der Waals surface area (Å²) < 4.78 is 11.2. The van der Waals surface area contributed by atoms with Gasteiger partial charge in [0.15, 0.2) is 11.5 Å². The number of aromatic nitrogens is 1. The Bertz CT molecular complexity index is 1040. The van der Waals surface area contributed by atoms with Gasteiger partial charge in [0.25, 0.3) is 11.5 Å². The number of H-pyrrole nitrogens is 1. The van der Waals surface area contributed by atoms with Gasteiger partial charge in [-0.05, 0) is 53.6 Å². The van der Waals surface area contributed by atoms with Crippen LogP contribution >= 0.6 is 11.3 Å². The van der Waals surface area contributed by atoms with Gasteiger partial charge in [-0.25, -0.2) is 0 Å². The fourth-order valence-electron chi connectivity index (χ4n) is 2.85. The fourth-order valence-corrected chi connectivity index (χ4v) is 3.56. The molecule has 1 aromatic carbocycles. The lowest BCUT2D eigenvalue weighted by molar-refractivity contribution is 0.0949. The van der Waals surface area contributed by atoms with Gasteiger partial charge in [-0.3, -0.25) is 9.59 Å². The van der Waals surface area contributed by atoms with Crippen molar-refractivity contribution in [3.05, 3.63) is 69.3 Å². The molecule has 2 heterocycles. The number of ether oxygens (including phenoxy) is 2. The standard InChI is InChI=1S/C23H26N2O4S/c1-15(2)10-11-29-19-9-6-16(13-20(19)28-3)14-24-22(26)17-7-8-18(25-23(17)27)21-5-4-12-30-21/h4-9,12-13,15H,10-11,14H2,1-3H3,(H,24,26)(H,25,27). The molecule has 3 rings (SSSR count). The monoisotopic (exact) mass is 426 g/mol. The number of hydrogen-bond donors (Lipinski definition) is 2. The summed E-state index contributed by atoms with van der Waals surface area (Å²) in [5.74, 6) is 1.43. The second-order valence-electron chi connectivity index (χ2n) is 7.29. The number of carbonyl (C=O) groups is 1. The van der Waals surface area contributed by atoms with E-state index in [9.17, 15) is 9.59 Å². The predicted molar refractivity (Wildman–Crippen MR) is 119 cm³/mol. The Morgan fingerprint density at radius 1 is 1.17 bits per heavy atom. The van der Waals surface area contributed by atoms with Crippen molar-refractivity contribution in [1.82, 2.24) is 10.3 Å². The molecule has 0 saturated heterocycles. The second-order valence-corrected chi connectivity index (χ2v) is 8.24. The molecule has 0 atom stereocenters. The first kappa shape index (κ1) is 21.6. The number of nitrogens with one attached hydrogen (secondary N) is 2. The van der Waals surface area contributed by atoms with Crippen LogP contribution in [0.1, 0.15) is 36.2 Å². The second kappa shape index (κ2) is 10.1. The smallest absolute Gasteiger partial charge is 0.261 e. The largest absolute Gasteiger partial charge is 0.493 e. The van der Waals surface area contributed by atoms with Crippen LogP contribution in [0.4, 0.5) is 0 Å². The molecule has 158 valence electrons. The Labute approximate surface area is 179 Å². The number of amides is 1. The van der Waals surface area contributed by atoms with Crippen molar-refractivity contribution in [1.29, 1.82) is 0 Å². The molecular formula is C23H26N2O4S. The van der Waals surface area contributed by atoms with Crippen LogP contribution in [-0.4, -0.2) is 24.6 Å². The highest BCUT2D eigenvalue weighted by molar-refractivity contribution is 7.13. The van der Waals surface area contributed by atoms with Crippen molar-refractivity contribution < 1.29 is 14.3 Å². The Morgan fingerprint density at radius 2 is 2.00 bits per heavy atom. The molecule has 30 heavy (non-hydrogen) atoms. The van der Waals surface area contributed by atoms with Crippen LogP contribution in [0.25, 0.3) is 10.6 Å². The van der Waals surface area contributed by atoms with Crippen LogP contribution in [0, 0.1) is 5.92 Å². The molecule has 1 amide bonds. The average molecular weight is 427 g/mol. The first-order valence-electron chi connectivity index (χ1n) is 9.83. The topological polar surface area (TPSA) is 80.4 Å². The molecule has 0 unspecified atom stereocenters. The number of rotatable bonds is 9. The number of methoxy groups -OCH3 is 1. The third kappa shape index (κ3) is 5.51. The third-order valence-corrected chi connectivity index (χ3v) is 5.48. The van der Waals surface area contributed by atoms with Crippen molar-refractivity contribution in [2.24, 2.45) is 5.92 Å². The van der Waals surface area contributed by atoms with Gasteiger partial charge in [0.1, 0.15) is 5.56 Å². The molecule has 0 saturated carbocycles. The quantitative estimate of drug-likeness (QED) is 0.529. The molecule has 0 aliphatic carbocycles. The minimum absolute atomic E-state index is 0.0795. The van der Waals surface area contributed by atoms with E-state index in [1.54, 1.807) is 19.2 Å². The van der Waals surface area contributed by atoms with Gasteiger partial charge in [0, 0.05) is 6.54 Å². The number of pyridine rings is 1. The van der Waals surface area contributed by atoms with Crippen molar-refractivity contribution in [3.63, 3.8) is 0 Å². The number of benzene rings is 1. The summed E-state index contributed by atoms with van der Waals surface area (Å²) in [5, 5.41) is 4.72. The van der Waals surface area contributed by atoms with Gasteiger partial charge < -0.3 is 19.8 Å². The minimum Gasteiger partial charge on any atom is -0.493 e. The molecule has 0 aliphatic rings. The number of aromatic amines is 1. The molecule has 0 bridgehead atoms. The first-order chi connectivity index (χ1) is 14.5. The Kier molecular flexibility index (Phi) is 7.30. The normalized spacial score (nSPS) is 10.8. The first-order valence-corrected chi connectivity index (χ1v) is 10.7. The Hall–Kier alpha value is -3.06. The maximum absolute atomic E-state index is 12.5. The number of hydrogen-bond acceptors (Lipinski definition) is 5. The van der Waals surface area contributed by atoms with Crippen LogP contribution in [0.3, 0.4) is 0 Å². The van der Waals surface area contributed by atoms with E-state index in [2.05, 4.69) is 24.1 Å². The van der Waals surface area contributed by atoms with Crippen molar-refractivity contribution in [2.45, 2.75) is 26.8 Å². The zero-order valence-electron chi connectivity index (χ0n) is 17.4. The highest BCUT2D eigenvalue weighted by Crippen LogP contribution is 2.28. The summed E-state index contributed by atoms with van der Waals surface area (Å²) in [6.45, 7) is 5.18. The van der Waals surface area contributed by atoms with Gasteiger partial charge in [0.2, 0.25) is 0 Å². The number of carbonyl (C=O) groups excluding carboxylic acids is 1. The molecule has 0 fully saturated rings. The maximum atomic E-state index is 12.5. The molecule has 3 aromatic rings. The molecule has 2 aromatic heterocycles. The van der Waals surface area contributed by atoms with Gasteiger partial charge in [0.05, 0.1) is 24.3 Å². The predicted octanol–water partition coefficient (Wildman–Crippen LogP) is 4.47. The van der Waals surface area contributed by atoms with Crippen molar-refractivity contribution in [3.8, 4) is 22.1 Å². The highest BCUT2D eigenvalue weighted by atomic mass is 32.1. The summed E-state index contributed by atoms with van der Waals surface area (Å²) in [7, 11) is 1.59. The highest BCUT2D eigenvalue weighted by Gasteiger charge is 2.13. The third-order valence-electron chi connectivity index (χ3n) is 4.57. The van der Waals surface area contributed by atoms with Crippen molar-refractivity contribution in [2.75, 3.05) is 13.7 Å². The van der Waals surface area contributed by atoms with E-state index in [-0.39, 0.29) is 12.1 Å². The fraction of sp³-hybridized carbons (Fsp3) is 0.304. The summed E-state index contributed by atoms with van der Waals surface area (Å²) in [6.07, 6.45) is 0.959. The maximum Gasteiger partial charge on any atom is 0.261 e. The van der Waals surface area contributed by atoms with E-state index >= 15 is 0 Å². The Morgan fingerprint density at radius 3 is 2.67 bits per heavy atom. The van der Waals surface area contributed by atoms with Crippen LogP contribution in [0.2, 0.25) is 0 Å². The van der Waals surface area contributed by atoms with Gasteiger partial charge in [-0.15, -0.1) is 11.3 Å². The summed E-state index contributed by atoms with van der Waals surface area (Å²) in [6, 6.07) is 12.7. The molecule has 0 radical (unpaired) electrons. The van der Waals surface area contributed by atoms with E-state index in [0.29, 0.717) is 29.7 Å². The van der Waals surface area contributed by atoms with Crippen LogP contribution in [-0.2, 0) is 6.54 Å². The number of thiophene rings is 1. The van der Waals surface area contributed by atoms with Crippen LogP contribution in [0.5, 0.6) is 11.5 Å². The summed E-state index contributed by atoms with van der Waals surface area (Å²) in [4.78, 5) is 28.5. The van der Waals surface area contributed by atoms with Crippen molar-refractivity contribution >= 4 is 17.2 Å².